The Morgan fingerprint density at radius 2 is 1.48 bits per heavy atom. The molecule has 0 saturated heterocycles. The number of allylic oxidation sites excluding steroid dienone is 19. The molecule has 58 heavy (non-hydrogen) atoms. The van der Waals surface area contributed by atoms with Crippen LogP contribution in [0.4, 0.5) is 0 Å². The number of benzene rings is 2. The predicted molar refractivity (Wildman–Crippen MR) is 248 cm³/mol. The summed E-state index contributed by atoms with van der Waals surface area (Å²) in [5.74, 6) is 0. The van der Waals surface area contributed by atoms with Gasteiger partial charge in [-0.25, -0.2) is 4.98 Å². The van der Waals surface area contributed by atoms with Gasteiger partial charge in [0.2, 0.25) is 0 Å². The number of pyridine rings is 1. The maximum atomic E-state index is 8.55. The molecule has 290 valence electrons. The summed E-state index contributed by atoms with van der Waals surface area (Å²) in [6.07, 6.45) is 39.8. The fourth-order valence-electron chi connectivity index (χ4n) is 9.58. The van der Waals surface area contributed by atoms with Crippen molar-refractivity contribution in [3.05, 3.63) is 196 Å². The van der Waals surface area contributed by atoms with E-state index in [-0.39, 0.29) is 5.41 Å². The predicted octanol–water partition coefficient (Wildman–Crippen LogP) is 13.4. The summed E-state index contributed by atoms with van der Waals surface area (Å²) in [5, 5.41) is 13.2. The molecule has 2 heterocycles. The SMILES string of the molecule is C=CC(=N)c1cc(-c2ccc(-n3c4c(c5cc6c(cc53)C(/C=C\C=C/C)=CC63C5=C(CCC=C5)C5=C3C=CCC5)C=CCC4)cc2)cc(/C(=C/C=C\C)NC)n1.CC. The Morgan fingerprint density at radius 3 is 2.16 bits per heavy atom. The lowest BCUT2D eigenvalue weighted by atomic mass is 9.70. The van der Waals surface area contributed by atoms with Crippen molar-refractivity contribution in [2.24, 2.45) is 0 Å². The number of rotatable bonds is 9. The number of aromatic nitrogens is 2. The molecule has 9 rings (SSSR count). The molecule has 4 aromatic rings. The van der Waals surface area contributed by atoms with Gasteiger partial charge in [-0.05, 0) is 151 Å². The zero-order valence-corrected chi connectivity index (χ0v) is 34.6. The molecule has 0 bridgehead atoms. The average Bonchev–Trinajstić information content (AvgIpc) is 3.89. The molecule has 0 radical (unpaired) electrons. The second kappa shape index (κ2) is 16.3. The van der Waals surface area contributed by atoms with Crippen molar-refractivity contribution in [1.29, 1.82) is 5.41 Å². The van der Waals surface area contributed by atoms with E-state index in [1.54, 1.807) is 17.2 Å². The molecule has 2 aromatic carbocycles. The second-order valence-electron chi connectivity index (χ2n) is 15.2. The highest BCUT2D eigenvalue weighted by molar-refractivity contribution is 6.05. The van der Waals surface area contributed by atoms with Gasteiger partial charge in [0.1, 0.15) is 0 Å². The second-order valence-corrected chi connectivity index (χ2v) is 15.2. The highest BCUT2D eigenvalue weighted by atomic mass is 15.0. The van der Waals surface area contributed by atoms with Crippen molar-refractivity contribution in [2.75, 3.05) is 7.05 Å². The summed E-state index contributed by atoms with van der Waals surface area (Å²) in [4.78, 5) is 4.83. The molecule has 4 nitrogen and oxygen atoms in total. The van der Waals surface area contributed by atoms with Crippen LogP contribution in [0.3, 0.4) is 0 Å². The molecule has 2 aromatic heterocycles. The fourth-order valence-corrected chi connectivity index (χ4v) is 9.58. The van der Waals surface area contributed by atoms with Crippen LogP contribution in [0.15, 0.2) is 162 Å². The highest BCUT2D eigenvalue weighted by Crippen LogP contribution is 2.61. The zero-order valence-electron chi connectivity index (χ0n) is 34.6. The van der Waals surface area contributed by atoms with E-state index >= 15 is 0 Å². The minimum atomic E-state index is -0.272. The van der Waals surface area contributed by atoms with Gasteiger partial charge >= 0.3 is 0 Å². The van der Waals surface area contributed by atoms with Crippen LogP contribution in [0.1, 0.15) is 93.6 Å². The molecule has 0 aliphatic heterocycles. The molecule has 5 aliphatic carbocycles. The molecule has 0 saturated carbocycles. The molecule has 0 amide bonds. The minimum Gasteiger partial charge on any atom is -0.386 e. The van der Waals surface area contributed by atoms with Gasteiger partial charge in [0.25, 0.3) is 0 Å². The Hall–Kier alpha value is -6.26. The van der Waals surface area contributed by atoms with Crippen LogP contribution in [-0.4, -0.2) is 22.3 Å². The monoisotopic (exact) mass is 758 g/mol. The van der Waals surface area contributed by atoms with Crippen LogP contribution in [-0.2, 0) is 11.8 Å². The number of fused-ring (bicyclic) bond motifs is 8. The third kappa shape index (κ3) is 6.32. The van der Waals surface area contributed by atoms with Gasteiger partial charge in [-0.3, -0.25) is 5.41 Å². The standard InChI is InChI=1S/C52H48N4.C2H6/c1-5-8-10-17-35-33-52(43-21-14-11-18-38(43)39-19-12-15-22-44(39)52)45-31-42-40-20-13-16-24-50(40)56(51(42)32-41(35)45)37-27-25-34(26-28-37)36-29-48(46(53)7-3)55-49(30-36)47(54-4)23-9-6-2;1-2/h5-10,13-15,17,20-23,25-33,53-54H,3,11-12,16,18-19,24H2,1-2,4H3;1-2H3/b8-5-,9-6-,17-10-,47-23-,53-46?;. The molecule has 2 N–H and O–H groups in total. The molecule has 0 fully saturated rings. The molecular formula is C54H54N4. The van der Waals surface area contributed by atoms with E-state index in [1.165, 1.54) is 50.0 Å². The third-order valence-electron chi connectivity index (χ3n) is 12.1. The first kappa shape index (κ1) is 38.6. The van der Waals surface area contributed by atoms with Gasteiger partial charge in [-0.1, -0.05) is 112 Å². The number of hydrogen-bond donors (Lipinski definition) is 2. The van der Waals surface area contributed by atoms with Crippen molar-refractivity contribution in [1.82, 2.24) is 14.9 Å². The Bertz CT molecular complexity index is 2610. The summed E-state index contributed by atoms with van der Waals surface area (Å²) in [6, 6.07) is 18.1. The van der Waals surface area contributed by atoms with E-state index in [9.17, 15) is 0 Å². The van der Waals surface area contributed by atoms with Crippen molar-refractivity contribution in [3.8, 4) is 16.8 Å². The van der Waals surface area contributed by atoms with Crippen LogP contribution in [0, 0.1) is 5.41 Å². The van der Waals surface area contributed by atoms with Crippen molar-refractivity contribution < 1.29 is 0 Å². The Kier molecular flexibility index (Phi) is 10.9. The topological polar surface area (TPSA) is 53.7 Å². The van der Waals surface area contributed by atoms with E-state index < -0.39 is 0 Å². The lowest BCUT2D eigenvalue weighted by Gasteiger charge is -2.31. The van der Waals surface area contributed by atoms with Crippen LogP contribution in [0.25, 0.3) is 45.1 Å². The smallest absolute Gasteiger partial charge is 0.0893 e. The van der Waals surface area contributed by atoms with E-state index in [2.05, 4.69) is 133 Å². The Balaban J connectivity index is 0.00000231. The molecular weight excluding hydrogens is 705 g/mol. The average molecular weight is 759 g/mol. The first-order valence-electron chi connectivity index (χ1n) is 21.1. The van der Waals surface area contributed by atoms with Crippen molar-refractivity contribution >= 4 is 34.0 Å². The minimum absolute atomic E-state index is 0.272. The zero-order chi connectivity index (χ0) is 40.4. The van der Waals surface area contributed by atoms with E-state index in [1.807, 2.05) is 52.1 Å². The third-order valence-corrected chi connectivity index (χ3v) is 12.1. The summed E-state index contributed by atoms with van der Waals surface area (Å²) >= 11 is 0. The number of nitrogens with one attached hydrogen (secondary N) is 2. The lowest BCUT2D eigenvalue weighted by Crippen LogP contribution is -2.25. The van der Waals surface area contributed by atoms with Crippen molar-refractivity contribution in [2.45, 2.75) is 71.6 Å². The molecule has 4 heteroatoms. The fraction of sp³-hybridized carbons (Fsp3) is 0.222. The van der Waals surface area contributed by atoms with Gasteiger partial charge in [-0.15, -0.1) is 0 Å². The van der Waals surface area contributed by atoms with Crippen molar-refractivity contribution in [3.63, 3.8) is 0 Å². The van der Waals surface area contributed by atoms with Crippen LogP contribution < -0.4 is 5.32 Å². The maximum Gasteiger partial charge on any atom is 0.0893 e. The summed E-state index contributed by atoms with van der Waals surface area (Å²) in [5.41, 5.74) is 19.6. The molecule has 0 unspecified atom stereocenters. The quantitative estimate of drug-likeness (QED) is 0.132. The van der Waals surface area contributed by atoms with Gasteiger partial charge in [0.15, 0.2) is 0 Å². The van der Waals surface area contributed by atoms with E-state index in [0.717, 1.165) is 66.7 Å². The van der Waals surface area contributed by atoms with Crippen LogP contribution in [0.2, 0.25) is 0 Å². The summed E-state index contributed by atoms with van der Waals surface area (Å²) < 4.78 is 2.51. The maximum absolute atomic E-state index is 8.55. The van der Waals surface area contributed by atoms with Gasteiger partial charge in [-0.2, -0.15) is 0 Å². The van der Waals surface area contributed by atoms with Gasteiger partial charge < -0.3 is 9.88 Å². The van der Waals surface area contributed by atoms with E-state index in [0.29, 0.717) is 11.4 Å². The summed E-state index contributed by atoms with van der Waals surface area (Å²) in [6.45, 7) is 11.9. The summed E-state index contributed by atoms with van der Waals surface area (Å²) in [7, 11) is 1.90. The van der Waals surface area contributed by atoms with E-state index in [4.69, 9.17) is 10.4 Å². The number of hydrogen-bond acceptors (Lipinski definition) is 3. The number of nitrogens with zero attached hydrogens (tertiary/aromatic N) is 2. The molecule has 0 atom stereocenters. The van der Waals surface area contributed by atoms with Gasteiger partial charge in [0.05, 0.1) is 33.7 Å². The Morgan fingerprint density at radius 1 is 0.810 bits per heavy atom. The first-order valence-corrected chi connectivity index (χ1v) is 21.1. The first-order chi connectivity index (χ1) is 28.5. The lowest BCUT2D eigenvalue weighted by molar-refractivity contribution is 0.787. The van der Waals surface area contributed by atoms with Gasteiger partial charge in [0, 0.05) is 29.4 Å². The van der Waals surface area contributed by atoms with Crippen LogP contribution >= 0.6 is 0 Å². The Labute approximate surface area is 344 Å². The molecule has 5 aliphatic rings. The van der Waals surface area contributed by atoms with Crippen LogP contribution in [0.5, 0.6) is 0 Å². The largest absolute Gasteiger partial charge is 0.386 e. The molecule has 1 spiro atoms. The highest BCUT2D eigenvalue weighted by Gasteiger charge is 2.49. The normalized spacial score (nSPS) is 17.6.